The zero-order valence-corrected chi connectivity index (χ0v) is 9.49. The Bertz CT molecular complexity index is 361. The third kappa shape index (κ3) is 1.71. The molecule has 0 atom stereocenters. The van der Waals surface area contributed by atoms with E-state index in [4.69, 9.17) is 0 Å². The molecule has 1 heterocycles. The number of carbonyl (C=O) groups excluding carboxylic acids is 1. The first-order valence-corrected chi connectivity index (χ1v) is 5.71. The zero-order valence-electron chi connectivity index (χ0n) is 9.49. The lowest BCUT2D eigenvalue weighted by Gasteiger charge is -2.24. The van der Waals surface area contributed by atoms with E-state index in [0.717, 1.165) is 24.8 Å². The van der Waals surface area contributed by atoms with Crippen LogP contribution >= 0.6 is 0 Å². The van der Waals surface area contributed by atoms with Gasteiger partial charge >= 0.3 is 0 Å². The number of aromatic nitrogens is 2. The number of nitrogens with zero attached hydrogens (tertiary/aromatic N) is 2. The summed E-state index contributed by atoms with van der Waals surface area (Å²) in [5.41, 5.74) is 0.699. The first-order valence-electron chi connectivity index (χ1n) is 5.71. The number of aryl methyl sites for hydroxylation is 1. The van der Waals surface area contributed by atoms with Crippen molar-refractivity contribution in [1.29, 1.82) is 0 Å². The van der Waals surface area contributed by atoms with Gasteiger partial charge in [-0.15, -0.1) is 0 Å². The van der Waals surface area contributed by atoms with E-state index in [1.807, 2.05) is 13.2 Å². The lowest BCUT2D eigenvalue weighted by atomic mass is 9.77. The van der Waals surface area contributed by atoms with Gasteiger partial charge in [0.2, 0.25) is 0 Å². The molecule has 0 N–H and O–H groups in total. The number of Topliss-reactive ketones (excluding diaryl/α,β-unsaturated/α-hetero) is 1. The molecule has 3 nitrogen and oxygen atoms in total. The molecule has 1 aliphatic rings. The van der Waals surface area contributed by atoms with Crippen LogP contribution in [0.4, 0.5) is 0 Å². The summed E-state index contributed by atoms with van der Waals surface area (Å²) >= 11 is 0. The van der Waals surface area contributed by atoms with Crippen molar-refractivity contribution in [2.45, 2.75) is 39.0 Å². The Kier molecular flexibility index (Phi) is 2.63. The maximum atomic E-state index is 12.4. The van der Waals surface area contributed by atoms with E-state index < -0.39 is 0 Å². The number of carbonyl (C=O) groups is 1. The Labute approximate surface area is 90.5 Å². The second kappa shape index (κ2) is 3.80. The fraction of sp³-hybridized carbons (Fsp3) is 0.667. The second-order valence-corrected chi connectivity index (χ2v) is 4.57. The summed E-state index contributed by atoms with van der Waals surface area (Å²) in [7, 11) is 1.85. The first kappa shape index (κ1) is 10.4. The van der Waals surface area contributed by atoms with Crippen molar-refractivity contribution in [3.05, 3.63) is 18.0 Å². The van der Waals surface area contributed by atoms with Crippen molar-refractivity contribution in [2.75, 3.05) is 0 Å². The molecule has 0 aromatic carbocycles. The average Bonchev–Trinajstić information content (AvgIpc) is 2.86. The summed E-state index contributed by atoms with van der Waals surface area (Å²) in [5, 5.41) is 4.07. The lowest BCUT2D eigenvalue weighted by Crippen LogP contribution is -2.27. The minimum Gasteiger partial charge on any atom is -0.293 e. The van der Waals surface area contributed by atoms with Crippen molar-refractivity contribution < 1.29 is 4.79 Å². The van der Waals surface area contributed by atoms with E-state index in [0.29, 0.717) is 5.78 Å². The van der Waals surface area contributed by atoms with Crippen molar-refractivity contribution in [1.82, 2.24) is 9.78 Å². The fourth-order valence-electron chi connectivity index (χ4n) is 2.64. The monoisotopic (exact) mass is 206 g/mol. The van der Waals surface area contributed by atoms with Crippen LogP contribution in [0.5, 0.6) is 0 Å². The number of rotatable bonds is 3. The Morgan fingerprint density at radius 1 is 1.53 bits per heavy atom. The van der Waals surface area contributed by atoms with Crippen molar-refractivity contribution >= 4 is 5.78 Å². The molecule has 15 heavy (non-hydrogen) atoms. The largest absolute Gasteiger partial charge is 0.293 e. The highest BCUT2D eigenvalue weighted by Crippen LogP contribution is 2.43. The summed E-state index contributed by atoms with van der Waals surface area (Å²) in [4.78, 5) is 12.4. The highest BCUT2D eigenvalue weighted by molar-refractivity contribution is 6.00. The number of hydrogen-bond donors (Lipinski definition) is 0. The summed E-state index contributed by atoms with van der Waals surface area (Å²) in [6.07, 6.45) is 8.98. The molecule has 0 saturated heterocycles. The van der Waals surface area contributed by atoms with E-state index in [9.17, 15) is 4.79 Å². The van der Waals surface area contributed by atoms with Crippen LogP contribution in [0.3, 0.4) is 0 Å². The van der Waals surface area contributed by atoms with Crippen molar-refractivity contribution in [2.24, 2.45) is 12.5 Å². The van der Waals surface area contributed by atoms with Gasteiger partial charge in [-0.1, -0.05) is 19.8 Å². The highest BCUT2D eigenvalue weighted by Gasteiger charge is 2.39. The third-order valence-corrected chi connectivity index (χ3v) is 3.69. The molecule has 0 unspecified atom stereocenters. The minimum atomic E-state index is -0.0803. The molecule has 1 saturated carbocycles. The molecule has 0 amide bonds. The highest BCUT2D eigenvalue weighted by atomic mass is 16.1. The molecule has 3 heteroatoms. The third-order valence-electron chi connectivity index (χ3n) is 3.69. The molecule has 0 aliphatic heterocycles. The van der Waals surface area contributed by atoms with Gasteiger partial charge in [0.25, 0.3) is 0 Å². The maximum absolute atomic E-state index is 12.4. The van der Waals surface area contributed by atoms with Crippen LogP contribution in [0.15, 0.2) is 12.4 Å². The van der Waals surface area contributed by atoms with E-state index >= 15 is 0 Å². The quantitative estimate of drug-likeness (QED) is 0.712. The van der Waals surface area contributed by atoms with E-state index in [1.165, 1.54) is 12.8 Å². The van der Waals surface area contributed by atoms with Gasteiger partial charge in [0.15, 0.2) is 5.78 Å². The van der Waals surface area contributed by atoms with Crippen LogP contribution in [-0.4, -0.2) is 15.6 Å². The van der Waals surface area contributed by atoms with Gasteiger partial charge in [0.05, 0.1) is 11.8 Å². The molecule has 0 radical (unpaired) electrons. The fourth-order valence-corrected chi connectivity index (χ4v) is 2.64. The van der Waals surface area contributed by atoms with Gasteiger partial charge < -0.3 is 0 Å². The zero-order chi connectivity index (χ0) is 10.9. The van der Waals surface area contributed by atoms with Gasteiger partial charge in [-0.25, -0.2) is 0 Å². The predicted molar refractivity (Wildman–Crippen MR) is 58.7 cm³/mol. The van der Waals surface area contributed by atoms with Crippen LogP contribution in [0.2, 0.25) is 0 Å². The summed E-state index contributed by atoms with van der Waals surface area (Å²) < 4.78 is 1.70. The molecule has 82 valence electrons. The smallest absolute Gasteiger partial charge is 0.172 e. The van der Waals surface area contributed by atoms with Crippen LogP contribution in [-0.2, 0) is 7.05 Å². The molecule has 2 rings (SSSR count). The van der Waals surface area contributed by atoms with Gasteiger partial charge in [0, 0.05) is 18.7 Å². The molecular formula is C12H18N2O. The topological polar surface area (TPSA) is 34.9 Å². The first-order chi connectivity index (χ1) is 7.18. The summed E-state index contributed by atoms with van der Waals surface area (Å²) in [5.74, 6) is 0.301. The number of hydrogen-bond acceptors (Lipinski definition) is 2. The molecule has 1 aromatic heterocycles. The van der Waals surface area contributed by atoms with Gasteiger partial charge in [-0.05, 0) is 19.3 Å². The standard InChI is InChI=1S/C12H18N2O/c1-3-12(6-4-5-7-12)11(15)10-8-13-14(2)9-10/h8-9H,3-7H2,1-2H3. The average molecular weight is 206 g/mol. The number of ketones is 1. The predicted octanol–water partition coefficient (Wildman–Crippen LogP) is 2.57. The molecule has 1 fully saturated rings. The molecule has 1 aromatic rings. The van der Waals surface area contributed by atoms with Crippen molar-refractivity contribution in [3.8, 4) is 0 Å². The normalized spacial score (nSPS) is 19.3. The van der Waals surface area contributed by atoms with Crippen LogP contribution < -0.4 is 0 Å². The molecule has 1 aliphatic carbocycles. The Morgan fingerprint density at radius 3 is 2.67 bits per heavy atom. The van der Waals surface area contributed by atoms with Crippen LogP contribution in [0.1, 0.15) is 49.4 Å². The molecule has 0 bridgehead atoms. The van der Waals surface area contributed by atoms with Crippen LogP contribution in [0, 0.1) is 5.41 Å². The Hall–Kier alpha value is -1.12. The maximum Gasteiger partial charge on any atom is 0.172 e. The van der Waals surface area contributed by atoms with Crippen LogP contribution in [0.25, 0.3) is 0 Å². The summed E-state index contributed by atoms with van der Waals surface area (Å²) in [6.45, 7) is 2.12. The Balaban J connectivity index is 2.26. The van der Waals surface area contributed by atoms with Crippen molar-refractivity contribution in [3.63, 3.8) is 0 Å². The lowest BCUT2D eigenvalue weighted by molar-refractivity contribution is 0.0791. The second-order valence-electron chi connectivity index (χ2n) is 4.57. The molecule has 0 spiro atoms. The van der Waals surface area contributed by atoms with E-state index in [1.54, 1.807) is 10.9 Å². The minimum absolute atomic E-state index is 0.0803. The van der Waals surface area contributed by atoms with Gasteiger partial charge in [0.1, 0.15) is 0 Å². The Morgan fingerprint density at radius 2 is 2.20 bits per heavy atom. The van der Waals surface area contributed by atoms with E-state index in [2.05, 4.69) is 12.0 Å². The molecular weight excluding hydrogens is 188 g/mol. The SMILES string of the molecule is CCC1(C(=O)c2cnn(C)c2)CCCC1. The van der Waals surface area contributed by atoms with Gasteiger partial charge in [-0.2, -0.15) is 5.10 Å². The van der Waals surface area contributed by atoms with Gasteiger partial charge in [-0.3, -0.25) is 9.48 Å². The van der Waals surface area contributed by atoms with E-state index in [-0.39, 0.29) is 5.41 Å². The summed E-state index contributed by atoms with van der Waals surface area (Å²) in [6, 6.07) is 0.